The molecular formula is C36H45N5O3. The highest BCUT2D eigenvalue weighted by molar-refractivity contribution is 5.91. The second-order valence-corrected chi connectivity index (χ2v) is 11.7. The standard InChI is InChI=1S/C36H45N5O3/c1-5-40(6-2)19-11-21-44-33-16-10-13-30(26(33)4)29-12-9-14-31(25(29)3)39-35-34-28(17-18-37-35)22-27(23-38-34)24-41-20-8-7-15-32(41)36(42)43/h9-10,12-14,16-18,22-23,32H,5-8,11,15,19-21,24H2,1-4H3,(H,37,39)(H,42,43). The van der Waals surface area contributed by atoms with Gasteiger partial charge >= 0.3 is 5.97 Å². The van der Waals surface area contributed by atoms with E-state index in [0.717, 1.165) is 95.6 Å². The molecular weight excluding hydrogens is 550 g/mol. The normalized spacial score (nSPS) is 15.5. The van der Waals surface area contributed by atoms with Gasteiger partial charge in [0.15, 0.2) is 5.82 Å². The van der Waals surface area contributed by atoms with Gasteiger partial charge in [0.2, 0.25) is 0 Å². The van der Waals surface area contributed by atoms with E-state index in [9.17, 15) is 9.90 Å². The maximum absolute atomic E-state index is 11.8. The first-order valence-corrected chi connectivity index (χ1v) is 15.9. The lowest BCUT2D eigenvalue weighted by Crippen LogP contribution is -2.44. The van der Waals surface area contributed by atoms with Crippen LogP contribution in [0.5, 0.6) is 5.75 Å². The van der Waals surface area contributed by atoms with Gasteiger partial charge in [0.05, 0.1) is 6.61 Å². The number of aliphatic carboxylic acids is 1. The number of piperidine rings is 1. The maximum atomic E-state index is 11.8. The van der Waals surface area contributed by atoms with Crippen molar-refractivity contribution in [3.8, 4) is 16.9 Å². The Labute approximate surface area is 261 Å². The SMILES string of the molecule is CCN(CC)CCCOc1cccc(-c2cccc(Nc3nccc4cc(CN5CCCCC5C(=O)O)cnc34)c2C)c1C. The van der Waals surface area contributed by atoms with Crippen LogP contribution in [0.2, 0.25) is 0 Å². The third kappa shape index (κ3) is 7.20. The molecule has 0 amide bonds. The molecule has 8 heteroatoms. The predicted octanol–water partition coefficient (Wildman–Crippen LogP) is 7.21. The lowest BCUT2D eigenvalue weighted by Gasteiger charge is -2.32. The van der Waals surface area contributed by atoms with Crippen LogP contribution in [0.1, 0.15) is 56.2 Å². The third-order valence-corrected chi connectivity index (χ3v) is 8.87. The van der Waals surface area contributed by atoms with E-state index >= 15 is 0 Å². The van der Waals surface area contributed by atoms with E-state index in [1.54, 1.807) is 6.20 Å². The van der Waals surface area contributed by atoms with E-state index < -0.39 is 12.0 Å². The third-order valence-electron chi connectivity index (χ3n) is 8.87. The molecule has 2 aromatic carbocycles. The summed E-state index contributed by atoms with van der Waals surface area (Å²) in [4.78, 5) is 25.7. The second kappa shape index (κ2) is 14.6. The molecule has 1 fully saturated rings. The van der Waals surface area contributed by atoms with Crippen molar-refractivity contribution in [1.82, 2.24) is 19.8 Å². The van der Waals surface area contributed by atoms with E-state index in [-0.39, 0.29) is 0 Å². The summed E-state index contributed by atoms with van der Waals surface area (Å²) >= 11 is 0. The van der Waals surface area contributed by atoms with Crippen LogP contribution in [-0.2, 0) is 11.3 Å². The number of pyridine rings is 2. The number of benzene rings is 2. The minimum Gasteiger partial charge on any atom is -0.493 e. The monoisotopic (exact) mass is 595 g/mol. The number of nitrogens with zero attached hydrogens (tertiary/aromatic N) is 4. The Morgan fingerprint density at radius 2 is 1.82 bits per heavy atom. The smallest absolute Gasteiger partial charge is 0.320 e. The van der Waals surface area contributed by atoms with Crippen molar-refractivity contribution in [2.24, 2.45) is 0 Å². The van der Waals surface area contributed by atoms with Gasteiger partial charge in [-0.1, -0.05) is 44.5 Å². The van der Waals surface area contributed by atoms with Gasteiger partial charge in [-0.25, -0.2) is 4.98 Å². The molecule has 1 unspecified atom stereocenters. The number of rotatable bonds is 13. The number of fused-ring (bicyclic) bond motifs is 1. The summed E-state index contributed by atoms with van der Waals surface area (Å²) in [7, 11) is 0. The molecule has 8 nitrogen and oxygen atoms in total. The lowest BCUT2D eigenvalue weighted by atomic mass is 9.95. The lowest BCUT2D eigenvalue weighted by molar-refractivity contribution is -0.144. The summed E-state index contributed by atoms with van der Waals surface area (Å²) in [5, 5.41) is 14.2. The molecule has 0 radical (unpaired) electrons. The number of hydrogen-bond donors (Lipinski definition) is 2. The van der Waals surface area contributed by atoms with Gasteiger partial charge in [-0.2, -0.15) is 0 Å². The Morgan fingerprint density at radius 1 is 1.05 bits per heavy atom. The molecule has 0 saturated carbocycles. The van der Waals surface area contributed by atoms with Crippen LogP contribution in [0, 0.1) is 13.8 Å². The second-order valence-electron chi connectivity index (χ2n) is 11.7. The molecule has 2 aromatic heterocycles. The average Bonchev–Trinajstić information content (AvgIpc) is 3.03. The summed E-state index contributed by atoms with van der Waals surface area (Å²) in [6, 6.07) is 16.2. The van der Waals surface area contributed by atoms with E-state index in [1.807, 2.05) is 12.3 Å². The largest absolute Gasteiger partial charge is 0.493 e. The quantitative estimate of drug-likeness (QED) is 0.157. The maximum Gasteiger partial charge on any atom is 0.320 e. The molecule has 1 saturated heterocycles. The summed E-state index contributed by atoms with van der Waals surface area (Å²) in [6.45, 7) is 13.9. The topological polar surface area (TPSA) is 90.8 Å². The highest BCUT2D eigenvalue weighted by Crippen LogP contribution is 2.36. The number of carbonyl (C=O) groups is 1. The Kier molecular flexibility index (Phi) is 10.5. The van der Waals surface area contributed by atoms with Crippen molar-refractivity contribution in [3.63, 3.8) is 0 Å². The van der Waals surface area contributed by atoms with E-state index in [1.165, 1.54) is 0 Å². The molecule has 232 valence electrons. The number of anilines is 2. The average molecular weight is 596 g/mol. The molecule has 1 atom stereocenters. The Hall–Kier alpha value is -4.01. The molecule has 0 bridgehead atoms. The van der Waals surface area contributed by atoms with E-state index in [4.69, 9.17) is 9.72 Å². The van der Waals surface area contributed by atoms with Crippen LogP contribution in [0.3, 0.4) is 0 Å². The molecule has 3 heterocycles. The Balaban J connectivity index is 1.34. The fraction of sp³-hybridized carbons (Fsp3) is 0.417. The zero-order valence-electron chi connectivity index (χ0n) is 26.5. The zero-order valence-corrected chi connectivity index (χ0v) is 26.5. The highest BCUT2D eigenvalue weighted by atomic mass is 16.5. The fourth-order valence-corrected chi connectivity index (χ4v) is 6.24. The van der Waals surface area contributed by atoms with Gasteiger partial charge in [0.1, 0.15) is 17.3 Å². The molecule has 44 heavy (non-hydrogen) atoms. The van der Waals surface area contributed by atoms with E-state index in [2.05, 4.69) is 90.3 Å². The number of carboxylic acids is 1. The summed E-state index contributed by atoms with van der Waals surface area (Å²) in [6.07, 6.45) is 7.32. The van der Waals surface area contributed by atoms with Gasteiger partial charge in [0, 0.05) is 36.6 Å². The van der Waals surface area contributed by atoms with Crippen molar-refractivity contribution in [3.05, 3.63) is 77.6 Å². The van der Waals surface area contributed by atoms with Crippen molar-refractivity contribution < 1.29 is 14.6 Å². The van der Waals surface area contributed by atoms with Gasteiger partial charge in [-0.15, -0.1) is 0 Å². The summed E-state index contributed by atoms with van der Waals surface area (Å²) in [5.74, 6) is 0.875. The van der Waals surface area contributed by atoms with Crippen molar-refractivity contribution in [1.29, 1.82) is 0 Å². The molecule has 2 N–H and O–H groups in total. The van der Waals surface area contributed by atoms with Crippen LogP contribution < -0.4 is 10.1 Å². The minimum absolute atomic E-state index is 0.433. The van der Waals surface area contributed by atoms with E-state index in [0.29, 0.717) is 25.4 Å². The number of aromatic nitrogens is 2. The number of nitrogens with one attached hydrogen (secondary N) is 1. The van der Waals surface area contributed by atoms with Crippen molar-refractivity contribution >= 4 is 28.4 Å². The summed E-state index contributed by atoms with van der Waals surface area (Å²) < 4.78 is 6.23. The number of carboxylic acid groups (broad SMARTS) is 1. The number of ether oxygens (including phenoxy) is 1. The van der Waals surface area contributed by atoms with Gasteiger partial charge in [-0.05, 0) is 105 Å². The Bertz CT molecular complexity index is 1590. The first kappa shape index (κ1) is 31.4. The first-order valence-electron chi connectivity index (χ1n) is 15.9. The molecule has 5 rings (SSSR count). The highest BCUT2D eigenvalue weighted by Gasteiger charge is 2.28. The molecule has 1 aliphatic rings. The van der Waals surface area contributed by atoms with Crippen LogP contribution in [0.25, 0.3) is 22.0 Å². The zero-order chi connectivity index (χ0) is 31.1. The molecule has 0 aliphatic carbocycles. The molecule has 0 spiro atoms. The van der Waals surface area contributed by atoms with Gasteiger partial charge < -0.3 is 20.1 Å². The van der Waals surface area contributed by atoms with Crippen LogP contribution in [0.4, 0.5) is 11.5 Å². The molecule has 4 aromatic rings. The first-order chi connectivity index (χ1) is 21.4. The van der Waals surface area contributed by atoms with Gasteiger partial charge in [0.25, 0.3) is 0 Å². The number of hydrogen-bond acceptors (Lipinski definition) is 7. The van der Waals surface area contributed by atoms with Crippen LogP contribution in [-0.4, -0.2) is 69.7 Å². The number of likely N-dealkylation sites (tertiary alicyclic amines) is 1. The summed E-state index contributed by atoms with van der Waals surface area (Å²) in [5.41, 5.74) is 7.30. The Morgan fingerprint density at radius 3 is 2.59 bits per heavy atom. The molecule has 1 aliphatic heterocycles. The van der Waals surface area contributed by atoms with Gasteiger partial charge in [-0.3, -0.25) is 14.7 Å². The van der Waals surface area contributed by atoms with Crippen molar-refractivity contribution in [2.45, 2.75) is 66.0 Å². The minimum atomic E-state index is -0.743. The van der Waals surface area contributed by atoms with Crippen molar-refractivity contribution in [2.75, 3.05) is 38.1 Å². The van der Waals surface area contributed by atoms with Crippen LogP contribution >= 0.6 is 0 Å². The fourth-order valence-electron chi connectivity index (χ4n) is 6.24. The van der Waals surface area contributed by atoms with Crippen LogP contribution in [0.15, 0.2) is 60.9 Å². The predicted molar refractivity (Wildman–Crippen MR) is 178 cm³/mol.